The zero-order chi connectivity index (χ0) is 14.5. The van der Waals surface area contributed by atoms with Gasteiger partial charge < -0.3 is 11.1 Å². The Hall–Kier alpha value is -2.11. The number of amides is 1. The molecule has 0 heterocycles. The van der Waals surface area contributed by atoms with E-state index in [-0.39, 0.29) is 11.3 Å². The van der Waals surface area contributed by atoms with Crippen LogP contribution in [0.25, 0.3) is 0 Å². The van der Waals surface area contributed by atoms with Gasteiger partial charge in [0, 0.05) is 18.3 Å². The molecule has 1 amide bonds. The molecule has 108 valence electrons. The van der Waals surface area contributed by atoms with Gasteiger partial charge in [-0.05, 0) is 30.9 Å². The predicted molar refractivity (Wildman–Crippen MR) is 76.4 cm³/mol. The van der Waals surface area contributed by atoms with Gasteiger partial charge in [-0.25, -0.2) is 0 Å². The second-order valence-electron chi connectivity index (χ2n) is 5.25. The summed E-state index contributed by atoms with van der Waals surface area (Å²) in [6.07, 6.45) is 5.86. The summed E-state index contributed by atoms with van der Waals surface area (Å²) in [6, 6.07) is 4.05. The highest BCUT2D eigenvalue weighted by Gasteiger charge is 2.21. The van der Waals surface area contributed by atoms with Crippen molar-refractivity contribution in [3.05, 3.63) is 33.9 Å². The van der Waals surface area contributed by atoms with E-state index in [0.29, 0.717) is 18.2 Å². The predicted octanol–water partition coefficient (Wildman–Crippen LogP) is 2.49. The summed E-state index contributed by atoms with van der Waals surface area (Å²) in [7, 11) is 0. The largest absolute Gasteiger partial charge is 0.399 e. The fourth-order valence-electron chi connectivity index (χ4n) is 2.62. The number of carbonyl (C=O) groups excluding carboxylic acids is 1. The lowest BCUT2D eigenvalue weighted by Crippen LogP contribution is -2.30. The number of rotatable bonds is 4. The van der Waals surface area contributed by atoms with E-state index in [1.54, 1.807) is 0 Å². The van der Waals surface area contributed by atoms with Crippen LogP contribution in [0.2, 0.25) is 0 Å². The second kappa shape index (κ2) is 6.36. The van der Waals surface area contributed by atoms with Crippen LogP contribution in [0, 0.1) is 16.0 Å². The Balaban J connectivity index is 2.04. The first kappa shape index (κ1) is 14.3. The van der Waals surface area contributed by atoms with Gasteiger partial charge in [0.05, 0.1) is 4.92 Å². The number of carbonyl (C=O) groups is 1. The van der Waals surface area contributed by atoms with Crippen molar-refractivity contribution in [3.8, 4) is 0 Å². The summed E-state index contributed by atoms with van der Waals surface area (Å²) in [6.45, 7) is 0.574. The van der Waals surface area contributed by atoms with Crippen LogP contribution >= 0.6 is 0 Å². The summed E-state index contributed by atoms with van der Waals surface area (Å²) in [5.41, 5.74) is 5.77. The molecule has 20 heavy (non-hydrogen) atoms. The van der Waals surface area contributed by atoms with Crippen molar-refractivity contribution in [2.75, 3.05) is 12.3 Å². The van der Waals surface area contributed by atoms with Crippen LogP contribution in [0.1, 0.15) is 42.5 Å². The van der Waals surface area contributed by atoms with Gasteiger partial charge in [0.25, 0.3) is 11.6 Å². The van der Waals surface area contributed by atoms with E-state index >= 15 is 0 Å². The Morgan fingerprint density at radius 1 is 1.35 bits per heavy atom. The van der Waals surface area contributed by atoms with Crippen LogP contribution in [0.15, 0.2) is 18.2 Å². The zero-order valence-corrected chi connectivity index (χ0v) is 11.3. The van der Waals surface area contributed by atoms with Gasteiger partial charge in [-0.2, -0.15) is 0 Å². The molecule has 0 bridgehead atoms. The molecular weight excluding hydrogens is 258 g/mol. The Labute approximate surface area is 117 Å². The molecular formula is C14H19N3O3. The van der Waals surface area contributed by atoms with Crippen LogP contribution in [0.4, 0.5) is 11.4 Å². The number of nitro groups is 1. The van der Waals surface area contributed by atoms with Crippen LogP contribution in [-0.2, 0) is 0 Å². The topological polar surface area (TPSA) is 98.3 Å². The number of nitrogens with one attached hydrogen (secondary N) is 1. The monoisotopic (exact) mass is 277 g/mol. The molecule has 1 saturated carbocycles. The first-order chi connectivity index (χ1) is 9.58. The number of nitrogens with zero attached hydrogens (tertiary/aromatic N) is 1. The highest BCUT2D eigenvalue weighted by Crippen LogP contribution is 2.24. The second-order valence-corrected chi connectivity index (χ2v) is 5.25. The average Bonchev–Trinajstić information content (AvgIpc) is 2.45. The molecule has 2 rings (SSSR count). The van der Waals surface area contributed by atoms with Crippen LogP contribution in [0.5, 0.6) is 0 Å². The van der Waals surface area contributed by atoms with Gasteiger partial charge in [0.2, 0.25) is 0 Å². The van der Waals surface area contributed by atoms with E-state index < -0.39 is 10.8 Å². The van der Waals surface area contributed by atoms with Crippen molar-refractivity contribution in [1.82, 2.24) is 5.32 Å². The van der Waals surface area contributed by atoms with Crippen LogP contribution in [0.3, 0.4) is 0 Å². The molecule has 6 heteroatoms. The smallest absolute Gasteiger partial charge is 0.282 e. The molecule has 1 aliphatic carbocycles. The minimum Gasteiger partial charge on any atom is -0.399 e. The summed E-state index contributed by atoms with van der Waals surface area (Å²) >= 11 is 0. The van der Waals surface area contributed by atoms with E-state index in [0.717, 1.165) is 12.8 Å². The lowest BCUT2D eigenvalue weighted by Gasteiger charge is -2.21. The van der Waals surface area contributed by atoms with Gasteiger partial charge in [-0.1, -0.05) is 19.3 Å². The van der Waals surface area contributed by atoms with Crippen molar-refractivity contribution in [2.24, 2.45) is 5.92 Å². The minimum atomic E-state index is -0.561. The van der Waals surface area contributed by atoms with Crippen LogP contribution in [-0.4, -0.2) is 17.4 Å². The SMILES string of the molecule is Nc1ccc([N+](=O)[O-])c(C(=O)NCC2CCCCC2)c1. The molecule has 0 radical (unpaired) electrons. The van der Waals surface area contributed by atoms with E-state index in [2.05, 4.69) is 5.32 Å². The normalized spacial score (nSPS) is 15.8. The zero-order valence-electron chi connectivity index (χ0n) is 11.3. The van der Waals surface area contributed by atoms with Gasteiger partial charge >= 0.3 is 0 Å². The Morgan fingerprint density at radius 3 is 2.70 bits per heavy atom. The summed E-state index contributed by atoms with van der Waals surface area (Å²) in [5.74, 6) is 0.0578. The van der Waals surface area contributed by atoms with E-state index in [1.807, 2.05) is 0 Å². The molecule has 1 fully saturated rings. The maximum atomic E-state index is 12.1. The molecule has 0 aromatic heterocycles. The Bertz CT molecular complexity index is 510. The molecule has 3 N–H and O–H groups in total. The standard InChI is InChI=1S/C14H19N3O3/c15-11-6-7-13(17(19)20)12(8-11)14(18)16-9-10-4-2-1-3-5-10/h6-8,10H,1-5,9,15H2,(H,16,18). The van der Waals surface area contributed by atoms with Gasteiger partial charge in [-0.15, -0.1) is 0 Å². The Morgan fingerprint density at radius 2 is 2.05 bits per heavy atom. The molecule has 0 aliphatic heterocycles. The van der Waals surface area contributed by atoms with Crippen molar-refractivity contribution in [2.45, 2.75) is 32.1 Å². The fourth-order valence-corrected chi connectivity index (χ4v) is 2.62. The van der Waals surface area contributed by atoms with E-state index in [4.69, 9.17) is 5.73 Å². The molecule has 1 aromatic rings. The molecule has 1 aliphatic rings. The molecule has 0 unspecified atom stereocenters. The van der Waals surface area contributed by atoms with Crippen molar-refractivity contribution in [3.63, 3.8) is 0 Å². The van der Waals surface area contributed by atoms with Crippen molar-refractivity contribution >= 4 is 17.3 Å². The molecule has 0 spiro atoms. The van der Waals surface area contributed by atoms with Gasteiger partial charge in [-0.3, -0.25) is 14.9 Å². The maximum absolute atomic E-state index is 12.1. The fraction of sp³-hybridized carbons (Fsp3) is 0.500. The first-order valence-corrected chi connectivity index (χ1v) is 6.90. The third-order valence-electron chi connectivity index (χ3n) is 3.74. The number of nitro benzene ring substituents is 1. The van der Waals surface area contributed by atoms with E-state index in [9.17, 15) is 14.9 Å². The molecule has 0 atom stereocenters. The van der Waals surface area contributed by atoms with Crippen LogP contribution < -0.4 is 11.1 Å². The Kier molecular flexibility index (Phi) is 4.55. The lowest BCUT2D eigenvalue weighted by molar-refractivity contribution is -0.385. The van der Waals surface area contributed by atoms with E-state index in [1.165, 1.54) is 37.5 Å². The number of nitrogens with two attached hydrogens (primary N) is 1. The summed E-state index contributed by atoms with van der Waals surface area (Å²) in [4.78, 5) is 22.5. The van der Waals surface area contributed by atoms with Crippen molar-refractivity contribution in [1.29, 1.82) is 0 Å². The molecule has 6 nitrogen and oxygen atoms in total. The molecule has 1 aromatic carbocycles. The summed E-state index contributed by atoms with van der Waals surface area (Å²) in [5, 5.41) is 13.7. The third kappa shape index (κ3) is 3.46. The van der Waals surface area contributed by atoms with Gasteiger partial charge in [0.15, 0.2) is 0 Å². The number of nitrogen functional groups attached to an aromatic ring is 1. The lowest BCUT2D eigenvalue weighted by atomic mass is 9.89. The molecule has 0 saturated heterocycles. The highest BCUT2D eigenvalue weighted by molar-refractivity contribution is 5.99. The number of benzene rings is 1. The van der Waals surface area contributed by atoms with Gasteiger partial charge in [0.1, 0.15) is 5.56 Å². The first-order valence-electron chi connectivity index (χ1n) is 6.90. The van der Waals surface area contributed by atoms with Crippen molar-refractivity contribution < 1.29 is 9.72 Å². The average molecular weight is 277 g/mol. The minimum absolute atomic E-state index is 0.0332. The quantitative estimate of drug-likeness (QED) is 0.501. The third-order valence-corrected chi connectivity index (χ3v) is 3.74. The maximum Gasteiger partial charge on any atom is 0.282 e. The number of hydrogen-bond donors (Lipinski definition) is 2. The number of anilines is 1. The highest BCUT2D eigenvalue weighted by atomic mass is 16.6. The summed E-state index contributed by atoms with van der Waals surface area (Å²) < 4.78 is 0. The number of hydrogen-bond acceptors (Lipinski definition) is 4.